The van der Waals surface area contributed by atoms with Gasteiger partial charge in [-0.2, -0.15) is 0 Å². The highest BCUT2D eigenvalue weighted by molar-refractivity contribution is 8.00. The van der Waals surface area contributed by atoms with Gasteiger partial charge in [-0.15, -0.1) is 11.8 Å². The van der Waals surface area contributed by atoms with Crippen LogP contribution in [0.2, 0.25) is 0 Å². The maximum Gasteiger partial charge on any atom is 0.203 e. The lowest BCUT2D eigenvalue weighted by Crippen LogP contribution is -2.13. The summed E-state index contributed by atoms with van der Waals surface area (Å²) in [4.78, 5) is 12.9. The van der Waals surface area contributed by atoms with Crippen LogP contribution < -0.4 is 9.47 Å². The summed E-state index contributed by atoms with van der Waals surface area (Å²) in [7, 11) is 0. The van der Waals surface area contributed by atoms with E-state index in [4.69, 9.17) is 9.47 Å². The highest BCUT2D eigenvalue weighted by atomic mass is 32.2. The smallest absolute Gasteiger partial charge is 0.203 e. The molecule has 1 atom stereocenters. The third-order valence-corrected chi connectivity index (χ3v) is 5.05. The van der Waals surface area contributed by atoms with Gasteiger partial charge in [0.25, 0.3) is 0 Å². The summed E-state index contributed by atoms with van der Waals surface area (Å²) in [6.07, 6.45) is 1.04. The maximum absolute atomic E-state index is 11.5. The quantitative estimate of drug-likeness (QED) is 0.870. The van der Waals surface area contributed by atoms with Gasteiger partial charge in [0, 0.05) is 16.2 Å². The second-order valence-electron chi connectivity index (χ2n) is 5.23. The van der Waals surface area contributed by atoms with Gasteiger partial charge in [0.15, 0.2) is 6.61 Å². The molecule has 0 bridgehead atoms. The standard InChI is InChI=1S/C17H14O3S/c18-15-10-20-16-8-12(5-6-14(15)16)19-9-13-7-11-3-1-2-4-17(11)21-13/h1-6,8,13H,7,9-10H2. The summed E-state index contributed by atoms with van der Waals surface area (Å²) in [5.74, 6) is 1.44. The Hall–Kier alpha value is -1.94. The number of ketones is 1. The van der Waals surface area contributed by atoms with Gasteiger partial charge >= 0.3 is 0 Å². The number of benzene rings is 2. The Morgan fingerprint density at radius 1 is 1.24 bits per heavy atom. The Kier molecular flexibility index (Phi) is 3.11. The van der Waals surface area contributed by atoms with E-state index in [1.165, 1.54) is 10.5 Å². The van der Waals surface area contributed by atoms with Crippen LogP contribution in [0.25, 0.3) is 0 Å². The number of Topliss-reactive ketones (excluding diaryl/α,β-unsaturated/α-hetero) is 1. The van der Waals surface area contributed by atoms with Crippen LogP contribution in [0.1, 0.15) is 15.9 Å². The van der Waals surface area contributed by atoms with Gasteiger partial charge < -0.3 is 9.47 Å². The molecule has 4 heteroatoms. The predicted octanol–water partition coefficient (Wildman–Crippen LogP) is 3.36. The Bertz CT molecular complexity index is 686. The molecule has 2 heterocycles. The number of hydrogen-bond donors (Lipinski definition) is 0. The Labute approximate surface area is 127 Å². The van der Waals surface area contributed by atoms with Crippen LogP contribution in [0, 0.1) is 0 Å². The van der Waals surface area contributed by atoms with Crippen molar-refractivity contribution in [1.29, 1.82) is 0 Å². The molecule has 0 spiro atoms. The summed E-state index contributed by atoms with van der Waals surface area (Å²) in [6.45, 7) is 0.804. The topological polar surface area (TPSA) is 35.5 Å². The van der Waals surface area contributed by atoms with Crippen LogP contribution in [0.5, 0.6) is 11.5 Å². The molecule has 0 aromatic heterocycles. The fourth-order valence-electron chi connectivity index (χ4n) is 2.70. The van der Waals surface area contributed by atoms with Gasteiger partial charge in [-0.25, -0.2) is 0 Å². The van der Waals surface area contributed by atoms with Gasteiger partial charge in [-0.05, 0) is 30.2 Å². The number of carbonyl (C=O) groups excluding carboxylic acids is 1. The normalized spacial score (nSPS) is 19.0. The van der Waals surface area contributed by atoms with E-state index in [1.54, 1.807) is 6.07 Å². The van der Waals surface area contributed by atoms with E-state index >= 15 is 0 Å². The Morgan fingerprint density at radius 3 is 3.05 bits per heavy atom. The average molecular weight is 298 g/mol. The largest absolute Gasteiger partial charge is 0.492 e. The van der Waals surface area contributed by atoms with Crippen molar-refractivity contribution < 1.29 is 14.3 Å². The van der Waals surface area contributed by atoms with Gasteiger partial charge in [-0.1, -0.05) is 18.2 Å². The molecule has 21 heavy (non-hydrogen) atoms. The number of thioether (sulfide) groups is 1. The zero-order valence-electron chi connectivity index (χ0n) is 11.4. The van der Waals surface area contributed by atoms with Crippen molar-refractivity contribution in [1.82, 2.24) is 0 Å². The monoisotopic (exact) mass is 298 g/mol. The van der Waals surface area contributed by atoms with Crippen molar-refractivity contribution in [2.45, 2.75) is 16.6 Å². The molecule has 106 valence electrons. The second-order valence-corrected chi connectivity index (χ2v) is 6.57. The zero-order valence-corrected chi connectivity index (χ0v) is 12.2. The van der Waals surface area contributed by atoms with Gasteiger partial charge in [0.05, 0.1) is 5.56 Å². The first-order chi connectivity index (χ1) is 10.3. The number of ether oxygens (including phenoxy) is 2. The molecule has 3 nitrogen and oxygen atoms in total. The minimum Gasteiger partial charge on any atom is -0.492 e. The van der Waals surface area contributed by atoms with Crippen molar-refractivity contribution >= 4 is 17.5 Å². The van der Waals surface area contributed by atoms with Gasteiger partial charge in [0.1, 0.15) is 18.1 Å². The van der Waals surface area contributed by atoms with Crippen molar-refractivity contribution in [3.05, 3.63) is 53.6 Å². The number of hydrogen-bond acceptors (Lipinski definition) is 4. The summed E-state index contributed by atoms with van der Waals surface area (Å²) in [5, 5.41) is 0.443. The Balaban J connectivity index is 1.41. The lowest BCUT2D eigenvalue weighted by atomic mass is 10.1. The minimum absolute atomic E-state index is 0.0401. The van der Waals surface area contributed by atoms with Crippen LogP contribution in [0.3, 0.4) is 0 Å². The zero-order chi connectivity index (χ0) is 14.2. The molecular weight excluding hydrogens is 284 g/mol. The third-order valence-electron chi connectivity index (χ3n) is 3.76. The molecule has 2 aliphatic rings. The van der Waals surface area contributed by atoms with Crippen molar-refractivity contribution in [2.24, 2.45) is 0 Å². The van der Waals surface area contributed by atoms with E-state index in [0.717, 1.165) is 12.2 Å². The fraction of sp³-hybridized carbons (Fsp3) is 0.235. The number of fused-ring (bicyclic) bond motifs is 2. The van der Waals surface area contributed by atoms with Crippen LogP contribution in [-0.2, 0) is 6.42 Å². The first-order valence-corrected chi connectivity index (χ1v) is 7.85. The molecule has 2 aromatic carbocycles. The van der Waals surface area contributed by atoms with Crippen molar-refractivity contribution in [2.75, 3.05) is 13.2 Å². The lowest BCUT2D eigenvalue weighted by molar-refractivity contribution is 0.0961. The molecule has 2 aliphatic heterocycles. The van der Waals surface area contributed by atoms with Crippen LogP contribution in [0.4, 0.5) is 0 Å². The minimum atomic E-state index is 0.0401. The first kappa shape index (κ1) is 12.8. The fourth-order valence-corrected chi connectivity index (χ4v) is 3.92. The molecule has 0 radical (unpaired) electrons. The number of carbonyl (C=O) groups is 1. The highest BCUT2D eigenvalue weighted by Crippen LogP contribution is 2.37. The van der Waals surface area contributed by atoms with Gasteiger partial charge in [0.2, 0.25) is 5.78 Å². The lowest BCUT2D eigenvalue weighted by Gasteiger charge is -2.11. The molecule has 0 amide bonds. The Morgan fingerprint density at radius 2 is 2.14 bits per heavy atom. The second kappa shape index (κ2) is 5.11. The van der Waals surface area contributed by atoms with Crippen LogP contribution in [0.15, 0.2) is 47.4 Å². The van der Waals surface area contributed by atoms with E-state index < -0.39 is 0 Å². The molecular formula is C17H14O3S. The highest BCUT2D eigenvalue weighted by Gasteiger charge is 2.24. The molecule has 0 saturated heterocycles. The third kappa shape index (κ3) is 2.40. The number of rotatable bonds is 3. The van der Waals surface area contributed by atoms with Crippen molar-refractivity contribution in [3.8, 4) is 11.5 Å². The molecule has 1 unspecified atom stereocenters. The van der Waals surface area contributed by atoms with Gasteiger partial charge in [-0.3, -0.25) is 4.79 Å². The first-order valence-electron chi connectivity index (χ1n) is 6.97. The SMILES string of the molecule is O=C1COc2cc(OCC3Cc4ccccc4S3)ccc21. The molecule has 0 N–H and O–H groups in total. The molecule has 2 aromatic rings. The summed E-state index contributed by atoms with van der Waals surface area (Å²) in [6, 6.07) is 13.9. The summed E-state index contributed by atoms with van der Waals surface area (Å²) >= 11 is 1.87. The summed E-state index contributed by atoms with van der Waals surface area (Å²) in [5.41, 5.74) is 2.06. The maximum atomic E-state index is 11.5. The van der Waals surface area contributed by atoms with E-state index in [1.807, 2.05) is 23.9 Å². The molecule has 0 aliphatic carbocycles. The van der Waals surface area contributed by atoms with E-state index in [0.29, 0.717) is 23.2 Å². The molecule has 4 rings (SSSR count). The predicted molar refractivity (Wildman–Crippen MR) is 81.6 cm³/mol. The van der Waals surface area contributed by atoms with E-state index in [2.05, 4.69) is 24.3 Å². The summed E-state index contributed by atoms with van der Waals surface area (Å²) < 4.78 is 11.2. The van der Waals surface area contributed by atoms with E-state index in [9.17, 15) is 4.79 Å². The van der Waals surface area contributed by atoms with Crippen LogP contribution >= 0.6 is 11.8 Å². The van der Waals surface area contributed by atoms with Crippen molar-refractivity contribution in [3.63, 3.8) is 0 Å². The molecule has 0 saturated carbocycles. The van der Waals surface area contributed by atoms with Crippen LogP contribution in [-0.4, -0.2) is 24.2 Å². The average Bonchev–Trinajstić information content (AvgIpc) is 3.08. The van der Waals surface area contributed by atoms with E-state index in [-0.39, 0.29) is 12.4 Å². The molecule has 0 fully saturated rings.